The topological polar surface area (TPSA) is 43.7 Å². The van der Waals surface area contributed by atoms with Crippen LogP contribution in [0, 0.1) is 0 Å². The maximum Gasteiger partial charge on any atom is 0.124 e. The number of hydrogen-bond donors (Lipinski definition) is 2. The summed E-state index contributed by atoms with van der Waals surface area (Å²) in [4.78, 5) is 2.32. The molecule has 3 heteroatoms. The maximum atomic E-state index is 9.81. The van der Waals surface area contributed by atoms with Gasteiger partial charge in [0.25, 0.3) is 0 Å². The van der Waals surface area contributed by atoms with Crippen molar-refractivity contribution >= 4 is 0 Å². The Morgan fingerprint density at radius 2 is 1.62 bits per heavy atom. The number of hydrogen-bond acceptors (Lipinski definition) is 3. The van der Waals surface area contributed by atoms with Crippen molar-refractivity contribution in [3.8, 4) is 11.5 Å². The lowest BCUT2D eigenvalue weighted by molar-refractivity contribution is 0.170. The molecule has 2 N–H and O–H groups in total. The Balaban J connectivity index is 2.22. The van der Waals surface area contributed by atoms with Crippen LogP contribution in [0.3, 0.4) is 0 Å². The molecular formula is C13H19NO2. The van der Waals surface area contributed by atoms with Crippen LogP contribution in [0.1, 0.15) is 37.8 Å². The summed E-state index contributed by atoms with van der Waals surface area (Å²) in [6.45, 7) is 4.14. The molecule has 0 radical (unpaired) electrons. The minimum atomic E-state index is 0.0847. The fourth-order valence-corrected chi connectivity index (χ4v) is 2.46. The van der Waals surface area contributed by atoms with Crippen LogP contribution in [0.25, 0.3) is 0 Å². The molecule has 1 heterocycles. The molecular weight excluding hydrogens is 202 g/mol. The van der Waals surface area contributed by atoms with E-state index in [9.17, 15) is 10.2 Å². The second-order valence-electron chi connectivity index (χ2n) is 4.48. The van der Waals surface area contributed by atoms with Crippen molar-refractivity contribution in [1.29, 1.82) is 0 Å². The number of phenols is 2. The van der Waals surface area contributed by atoms with Crippen LogP contribution >= 0.6 is 0 Å². The molecule has 1 aromatic carbocycles. The lowest BCUT2D eigenvalue weighted by Gasteiger charge is -2.33. The zero-order chi connectivity index (χ0) is 11.5. The lowest BCUT2D eigenvalue weighted by atomic mass is 10.0. The third kappa shape index (κ3) is 2.14. The van der Waals surface area contributed by atoms with Gasteiger partial charge in [0.15, 0.2) is 0 Å². The lowest BCUT2D eigenvalue weighted by Crippen LogP contribution is -2.32. The van der Waals surface area contributed by atoms with E-state index in [1.807, 2.05) is 6.92 Å². The first kappa shape index (κ1) is 11.3. The molecule has 0 aromatic heterocycles. The van der Waals surface area contributed by atoms with E-state index in [-0.39, 0.29) is 17.5 Å². The van der Waals surface area contributed by atoms with Gasteiger partial charge < -0.3 is 10.2 Å². The van der Waals surface area contributed by atoms with Crippen molar-refractivity contribution in [2.24, 2.45) is 0 Å². The van der Waals surface area contributed by atoms with Gasteiger partial charge in [-0.3, -0.25) is 4.90 Å². The standard InChI is InChI=1S/C13H19NO2/c1-10(14-8-3-2-4-9-14)13-11(15)6-5-7-12(13)16/h5-7,10,15-16H,2-4,8-9H2,1H3. The molecule has 1 aliphatic rings. The van der Waals surface area contributed by atoms with Gasteiger partial charge in [-0.1, -0.05) is 12.5 Å². The average molecular weight is 221 g/mol. The molecule has 1 fully saturated rings. The number of likely N-dealkylation sites (tertiary alicyclic amines) is 1. The number of aromatic hydroxyl groups is 2. The summed E-state index contributed by atoms with van der Waals surface area (Å²) in [6, 6.07) is 5.02. The minimum absolute atomic E-state index is 0.0847. The molecule has 1 aliphatic heterocycles. The Labute approximate surface area is 96.3 Å². The highest BCUT2D eigenvalue weighted by molar-refractivity contribution is 5.44. The molecule has 2 rings (SSSR count). The van der Waals surface area contributed by atoms with E-state index in [4.69, 9.17) is 0 Å². The third-order valence-electron chi connectivity index (χ3n) is 3.42. The smallest absolute Gasteiger partial charge is 0.124 e. The van der Waals surface area contributed by atoms with E-state index >= 15 is 0 Å². The molecule has 16 heavy (non-hydrogen) atoms. The Morgan fingerprint density at radius 3 is 2.19 bits per heavy atom. The summed E-state index contributed by atoms with van der Waals surface area (Å²) in [5.41, 5.74) is 0.657. The van der Waals surface area contributed by atoms with Crippen LogP contribution in [-0.2, 0) is 0 Å². The SMILES string of the molecule is CC(c1c(O)cccc1O)N1CCCCC1. The fourth-order valence-electron chi connectivity index (χ4n) is 2.46. The van der Waals surface area contributed by atoms with E-state index in [1.165, 1.54) is 19.3 Å². The minimum Gasteiger partial charge on any atom is -0.507 e. The van der Waals surface area contributed by atoms with Crippen molar-refractivity contribution in [3.63, 3.8) is 0 Å². The second-order valence-corrected chi connectivity index (χ2v) is 4.48. The normalized spacial score (nSPS) is 19.6. The summed E-state index contributed by atoms with van der Waals surface area (Å²) in [5.74, 6) is 0.385. The van der Waals surface area contributed by atoms with Gasteiger partial charge in [0, 0.05) is 6.04 Å². The molecule has 1 aromatic rings. The molecule has 3 nitrogen and oxygen atoms in total. The molecule has 0 amide bonds. The number of rotatable bonds is 2. The molecule has 1 saturated heterocycles. The second kappa shape index (κ2) is 4.74. The maximum absolute atomic E-state index is 9.81. The summed E-state index contributed by atoms with van der Waals surface area (Å²) in [6.07, 6.45) is 3.70. The van der Waals surface area contributed by atoms with E-state index in [2.05, 4.69) is 4.90 Å². The van der Waals surface area contributed by atoms with Crippen LogP contribution in [0.15, 0.2) is 18.2 Å². The number of piperidine rings is 1. The molecule has 0 saturated carbocycles. The van der Waals surface area contributed by atoms with Crippen LogP contribution < -0.4 is 0 Å². The van der Waals surface area contributed by atoms with Crippen molar-refractivity contribution in [3.05, 3.63) is 23.8 Å². The Morgan fingerprint density at radius 1 is 1.06 bits per heavy atom. The van der Waals surface area contributed by atoms with Gasteiger partial charge in [-0.15, -0.1) is 0 Å². The van der Waals surface area contributed by atoms with Gasteiger partial charge in [-0.25, -0.2) is 0 Å². The molecule has 0 spiro atoms. The highest BCUT2D eigenvalue weighted by Crippen LogP contribution is 2.36. The average Bonchev–Trinajstić information content (AvgIpc) is 2.30. The first-order valence-corrected chi connectivity index (χ1v) is 5.95. The molecule has 0 aliphatic carbocycles. The van der Waals surface area contributed by atoms with Crippen LogP contribution in [0.4, 0.5) is 0 Å². The van der Waals surface area contributed by atoms with Gasteiger partial charge in [0.05, 0.1) is 5.56 Å². The highest BCUT2D eigenvalue weighted by Gasteiger charge is 2.22. The first-order valence-electron chi connectivity index (χ1n) is 5.95. The molecule has 1 unspecified atom stereocenters. The van der Waals surface area contributed by atoms with Crippen LogP contribution in [0.5, 0.6) is 11.5 Å². The molecule has 0 bridgehead atoms. The highest BCUT2D eigenvalue weighted by atomic mass is 16.3. The third-order valence-corrected chi connectivity index (χ3v) is 3.42. The van der Waals surface area contributed by atoms with Gasteiger partial charge in [-0.05, 0) is 45.0 Å². The van der Waals surface area contributed by atoms with Crippen molar-refractivity contribution < 1.29 is 10.2 Å². The van der Waals surface area contributed by atoms with E-state index in [1.54, 1.807) is 18.2 Å². The Hall–Kier alpha value is -1.22. The number of phenolic OH excluding ortho intramolecular Hbond substituents is 2. The first-order chi connectivity index (χ1) is 7.70. The predicted molar refractivity (Wildman–Crippen MR) is 63.6 cm³/mol. The number of nitrogens with zero attached hydrogens (tertiary/aromatic N) is 1. The van der Waals surface area contributed by atoms with Gasteiger partial charge in [0.2, 0.25) is 0 Å². The van der Waals surface area contributed by atoms with E-state index in [0.29, 0.717) is 5.56 Å². The summed E-state index contributed by atoms with van der Waals surface area (Å²) >= 11 is 0. The van der Waals surface area contributed by atoms with E-state index in [0.717, 1.165) is 13.1 Å². The van der Waals surface area contributed by atoms with Crippen LogP contribution in [-0.4, -0.2) is 28.2 Å². The van der Waals surface area contributed by atoms with Crippen LogP contribution in [0.2, 0.25) is 0 Å². The largest absolute Gasteiger partial charge is 0.507 e. The monoisotopic (exact) mass is 221 g/mol. The summed E-state index contributed by atoms with van der Waals surface area (Å²) in [5, 5.41) is 19.6. The summed E-state index contributed by atoms with van der Waals surface area (Å²) < 4.78 is 0. The Kier molecular flexibility index (Phi) is 3.34. The van der Waals surface area contributed by atoms with Gasteiger partial charge >= 0.3 is 0 Å². The van der Waals surface area contributed by atoms with Crippen molar-refractivity contribution in [2.75, 3.05) is 13.1 Å². The van der Waals surface area contributed by atoms with Gasteiger partial charge in [-0.2, -0.15) is 0 Å². The zero-order valence-electron chi connectivity index (χ0n) is 9.69. The summed E-state index contributed by atoms with van der Waals surface area (Å²) in [7, 11) is 0. The quantitative estimate of drug-likeness (QED) is 0.807. The van der Waals surface area contributed by atoms with Crippen molar-refractivity contribution in [1.82, 2.24) is 4.90 Å². The fraction of sp³-hybridized carbons (Fsp3) is 0.538. The zero-order valence-corrected chi connectivity index (χ0v) is 9.69. The Bertz CT molecular complexity index is 339. The predicted octanol–water partition coefficient (Wildman–Crippen LogP) is 2.64. The molecule has 88 valence electrons. The molecule has 1 atom stereocenters. The van der Waals surface area contributed by atoms with Gasteiger partial charge in [0.1, 0.15) is 11.5 Å². The van der Waals surface area contributed by atoms with Crippen molar-refractivity contribution in [2.45, 2.75) is 32.2 Å². The number of benzene rings is 1. The van der Waals surface area contributed by atoms with E-state index < -0.39 is 0 Å².